The van der Waals surface area contributed by atoms with Crippen LogP contribution in [0.15, 0.2) is 18.2 Å². The smallest absolute Gasteiger partial charge is 0.317 e. The van der Waals surface area contributed by atoms with Gasteiger partial charge in [0.15, 0.2) is 11.5 Å². The Morgan fingerprint density at radius 3 is 2.67 bits per heavy atom. The fourth-order valence-corrected chi connectivity index (χ4v) is 3.70. The number of aliphatic carboxylic acids is 1. The van der Waals surface area contributed by atoms with E-state index in [0.29, 0.717) is 17.2 Å². The molecule has 1 saturated heterocycles. The highest BCUT2D eigenvalue weighted by molar-refractivity contribution is 5.94. The first-order chi connectivity index (χ1) is 13.0. The van der Waals surface area contributed by atoms with Crippen LogP contribution in [0.5, 0.6) is 11.5 Å². The van der Waals surface area contributed by atoms with Crippen LogP contribution in [-0.2, 0) is 9.59 Å². The SMILES string of the molecule is CCN(CC(=O)O)C1CCN(C(C)C(=O)Nc2ccc3c(c2)OCO3)CC1. The number of carbonyl (C=O) groups excluding carboxylic acids is 1. The zero-order chi connectivity index (χ0) is 19.4. The van der Waals surface area contributed by atoms with E-state index in [-0.39, 0.29) is 31.3 Å². The van der Waals surface area contributed by atoms with Crippen molar-refractivity contribution in [3.8, 4) is 11.5 Å². The Morgan fingerprint density at radius 2 is 2.00 bits per heavy atom. The summed E-state index contributed by atoms with van der Waals surface area (Å²) in [7, 11) is 0. The van der Waals surface area contributed by atoms with Gasteiger partial charge in [0.2, 0.25) is 12.7 Å². The van der Waals surface area contributed by atoms with Crippen molar-refractivity contribution in [2.45, 2.75) is 38.8 Å². The zero-order valence-corrected chi connectivity index (χ0v) is 15.8. The lowest BCUT2D eigenvalue weighted by Gasteiger charge is -2.39. The largest absolute Gasteiger partial charge is 0.480 e. The number of benzene rings is 1. The Bertz CT molecular complexity index is 688. The lowest BCUT2D eigenvalue weighted by Crippen LogP contribution is -2.51. The molecular formula is C19H27N3O5. The molecule has 0 aliphatic carbocycles. The fraction of sp³-hybridized carbons (Fsp3) is 0.579. The minimum absolute atomic E-state index is 0.0646. The molecule has 2 N–H and O–H groups in total. The van der Waals surface area contributed by atoms with Crippen LogP contribution in [0.25, 0.3) is 0 Å². The number of carbonyl (C=O) groups is 2. The summed E-state index contributed by atoms with van der Waals surface area (Å²) >= 11 is 0. The second-order valence-electron chi connectivity index (χ2n) is 6.96. The maximum Gasteiger partial charge on any atom is 0.317 e. The second-order valence-corrected chi connectivity index (χ2v) is 6.96. The van der Waals surface area contributed by atoms with Gasteiger partial charge in [0.1, 0.15) is 0 Å². The van der Waals surface area contributed by atoms with Gasteiger partial charge < -0.3 is 19.9 Å². The number of ether oxygens (including phenoxy) is 2. The van der Waals surface area contributed by atoms with Crippen molar-refractivity contribution in [2.75, 3.05) is 38.3 Å². The highest BCUT2D eigenvalue weighted by Gasteiger charge is 2.29. The average Bonchev–Trinajstić information content (AvgIpc) is 3.13. The van der Waals surface area contributed by atoms with Crippen molar-refractivity contribution < 1.29 is 24.2 Å². The first-order valence-corrected chi connectivity index (χ1v) is 9.38. The molecule has 0 aromatic heterocycles. The van der Waals surface area contributed by atoms with Crippen LogP contribution >= 0.6 is 0 Å². The van der Waals surface area contributed by atoms with E-state index in [9.17, 15) is 9.59 Å². The number of nitrogens with one attached hydrogen (secondary N) is 1. The van der Waals surface area contributed by atoms with Gasteiger partial charge in [0.05, 0.1) is 12.6 Å². The van der Waals surface area contributed by atoms with Crippen LogP contribution in [0.1, 0.15) is 26.7 Å². The summed E-state index contributed by atoms with van der Waals surface area (Å²) in [4.78, 5) is 27.8. The average molecular weight is 377 g/mol. The molecule has 1 aromatic rings. The molecule has 2 aliphatic heterocycles. The summed E-state index contributed by atoms with van der Waals surface area (Å²) < 4.78 is 10.6. The van der Waals surface area contributed by atoms with Gasteiger partial charge in [-0.25, -0.2) is 0 Å². The third-order valence-electron chi connectivity index (χ3n) is 5.33. The van der Waals surface area contributed by atoms with Crippen LogP contribution < -0.4 is 14.8 Å². The lowest BCUT2D eigenvalue weighted by molar-refractivity contribution is -0.139. The molecule has 1 atom stereocenters. The standard InChI is InChI=1S/C19H27N3O5/c1-3-21(11-18(23)24)15-6-8-22(9-7-15)13(2)19(25)20-14-4-5-16-17(10-14)27-12-26-16/h4-5,10,13,15H,3,6-9,11-12H2,1-2H3,(H,20,25)(H,23,24). The molecule has 3 rings (SSSR count). The number of amides is 1. The highest BCUT2D eigenvalue weighted by Crippen LogP contribution is 2.34. The number of nitrogens with zero attached hydrogens (tertiary/aromatic N) is 2. The van der Waals surface area contributed by atoms with E-state index in [1.54, 1.807) is 18.2 Å². The molecule has 0 spiro atoms. The number of piperidine rings is 1. The molecule has 8 heteroatoms. The van der Waals surface area contributed by atoms with Crippen LogP contribution in [0.2, 0.25) is 0 Å². The van der Waals surface area contributed by atoms with E-state index >= 15 is 0 Å². The van der Waals surface area contributed by atoms with Crippen molar-refractivity contribution >= 4 is 17.6 Å². The predicted octanol–water partition coefficient (Wildman–Crippen LogP) is 1.61. The Kier molecular flexibility index (Phi) is 6.18. The van der Waals surface area contributed by atoms with Gasteiger partial charge in [0, 0.05) is 30.9 Å². The van der Waals surface area contributed by atoms with Gasteiger partial charge in [-0.05, 0) is 38.4 Å². The Hall–Kier alpha value is -2.32. The Morgan fingerprint density at radius 1 is 1.30 bits per heavy atom. The lowest BCUT2D eigenvalue weighted by atomic mass is 10.0. The molecule has 0 bridgehead atoms. The number of likely N-dealkylation sites (N-methyl/N-ethyl adjacent to an activating group) is 1. The van der Waals surface area contributed by atoms with Gasteiger partial charge in [-0.3, -0.25) is 19.4 Å². The van der Waals surface area contributed by atoms with Gasteiger partial charge in [-0.1, -0.05) is 6.92 Å². The van der Waals surface area contributed by atoms with Gasteiger partial charge in [-0.15, -0.1) is 0 Å². The van der Waals surface area contributed by atoms with Crippen LogP contribution in [0.4, 0.5) is 5.69 Å². The van der Waals surface area contributed by atoms with Crippen molar-refractivity contribution in [1.82, 2.24) is 9.80 Å². The molecule has 1 aromatic carbocycles. The minimum atomic E-state index is -0.796. The number of carboxylic acids is 1. The summed E-state index contributed by atoms with van der Waals surface area (Å²) in [6.07, 6.45) is 1.73. The van der Waals surface area contributed by atoms with Gasteiger partial charge in [-0.2, -0.15) is 0 Å². The molecule has 1 unspecified atom stereocenters. The number of fused-ring (bicyclic) bond motifs is 1. The highest BCUT2D eigenvalue weighted by atomic mass is 16.7. The first kappa shape index (κ1) is 19.4. The maximum atomic E-state index is 12.6. The first-order valence-electron chi connectivity index (χ1n) is 9.38. The fourth-order valence-electron chi connectivity index (χ4n) is 3.70. The van der Waals surface area contributed by atoms with E-state index in [1.165, 1.54) is 0 Å². The Labute approximate surface area is 159 Å². The van der Waals surface area contributed by atoms with Crippen LogP contribution in [0.3, 0.4) is 0 Å². The van der Waals surface area contributed by atoms with Crippen molar-refractivity contribution in [3.05, 3.63) is 18.2 Å². The van der Waals surface area contributed by atoms with E-state index in [1.807, 2.05) is 18.7 Å². The van der Waals surface area contributed by atoms with Gasteiger partial charge >= 0.3 is 5.97 Å². The summed E-state index contributed by atoms with van der Waals surface area (Å²) in [5, 5.41) is 12.0. The molecule has 2 aliphatic rings. The minimum Gasteiger partial charge on any atom is -0.480 e. The van der Waals surface area contributed by atoms with Crippen molar-refractivity contribution in [1.29, 1.82) is 0 Å². The molecule has 0 radical (unpaired) electrons. The summed E-state index contributed by atoms with van der Waals surface area (Å²) in [5.41, 5.74) is 0.685. The summed E-state index contributed by atoms with van der Waals surface area (Å²) in [5.74, 6) is 0.463. The monoisotopic (exact) mass is 377 g/mol. The van der Waals surface area contributed by atoms with Crippen molar-refractivity contribution in [2.24, 2.45) is 0 Å². The normalized spacial score (nSPS) is 18.5. The van der Waals surface area contributed by atoms with Crippen LogP contribution in [0, 0.1) is 0 Å². The molecule has 148 valence electrons. The number of hydrogen-bond donors (Lipinski definition) is 2. The topological polar surface area (TPSA) is 91.3 Å². The van der Waals surface area contributed by atoms with Crippen LogP contribution in [-0.4, -0.2) is 71.8 Å². The third kappa shape index (κ3) is 4.70. The molecule has 27 heavy (non-hydrogen) atoms. The predicted molar refractivity (Wildman–Crippen MR) is 100 cm³/mol. The molecule has 8 nitrogen and oxygen atoms in total. The second kappa shape index (κ2) is 8.58. The summed E-state index contributed by atoms with van der Waals surface area (Å²) in [6, 6.07) is 5.35. The zero-order valence-electron chi connectivity index (χ0n) is 15.8. The van der Waals surface area contributed by atoms with Gasteiger partial charge in [0.25, 0.3) is 0 Å². The number of carboxylic acid groups (broad SMARTS) is 1. The Balaban J connectivity index is 1.52. The number of rotatable bonds is 7. The summed E-state index contributed by atoms with van der Waals surface area (Å²) in [6.45, 7) is 6.43. The molecule has 1 fully saturated rings. The quantitative estimate of drug-likeness (QED) is 0.746. The van der Waals surface area contributed by atoms with Crippen molar-refractivity contribution in [3.63, 3.8) is 0 Å². The molecule has 0 saturated carbocycles. The maximum absolute atomic E-state index is 12.6. The number of likely N-dealkylation sites (tertiary alicyclic amines) is 1. The van der Waals surface area contributed by atoms with E-state index in [0.717, 1.165) is 32.5 Å². The molecule has 2 heterocycles. The van der Waals surface area contributed by atoms with E-state index in [4.69, 9.17) is 14.6 Å². The number of anilines is 1. The number of hydrogen-bond acceptors (Lipinski definition) is 6. The molecule has 1 amide bonds. The molecular weight excluding hydrogens is 350 g/mol. The van der Waals surface area contributed by atoms with E-state index < -0.39 is 5.97 Å². The third-order valence-corrected chi connectivity index (χ3v) is 5.33. The van der Waals surface area contributed by atoms with E-state index in [2.05, 4.69) is 10.2 Å².